The molecular formula is C14H25F3O2. The van der Waals surface area contributed by atoms with E-state index in [-0.39, 0.29) is 18.3 Å². The number of hydrogen-bond acceptors (Lipinski definition) is 2. The number of halogens is 3. The maximum atomic E-state index is 12.1. The van der Waals surface area contributed by atoms with E-state index in [0.717, 1.165) is 12.8 Å². The van der Waals surface area contributed by atoms with E-state index in [4.69, 9.17) is 4.74 Å². The van der Waals surface area contributed by atoms with E-state index in [9.17, 15) is 18.3 Å². The largest absolute Gasteiger partial charge is 0.390 e. The predicted molar refractivity (Wildman–Crippen MR) is 67.9 cm³/mol. The van der Waals surface area contributed by atoms with Crippen LogP contribution in [0.5, 0.6) is 0 Å². The third kappa shape index (κ3) is 4.95. The molecule has 5 heteroatoms. The average Bonchev–Trinajstić information content (AvgIpc) is 2.28. The number of ether oxygens (including phenoxy) is 1. The van der Waals surface area contributed by atoms with E-state index >= 15 is 0 Å². The second-order valence-electron chi connectivity index (χ2n) is 6.46. The first kappa shape index (κ1) is 16.8. The van der Waals surface area contributed by atoms with Crippen molar-refractivity contribution in [2.24, 2.45) is 5.41 Å². The van der Waals surface area contributed by atoms with Crippen LogP contribution in [0.2, 0.25) is 0 Å². The summed E-state index contributed by atoms with van der Waals surface area (Å²) in [4.78, 5) is 0. The minimum Gasteiger partial charge on any atom is -0.390 e. The molecule has 2 nitrogen and oxygen atoms in total. The highest BCUT2D eigenvalue weighted by Gasteiger charge is 2.43. The first-order valence-corrected chi connectivity index (χ1v) is 6.90. The van der Waals surface area contributed by atoms with Gasteiger partial charge in [-0.15, -0.1) is 0 Å². The summed E-state index contributed by atoms with van der Waals surface area (Å²) < 4.78 is 41.8. The Balaban J connectivity index is 2.50. The Morgan fingerprint density at radius 2 is 1.68 bits per heavy atom. The molecule has 114 valence electrons. The van der Waals surface area contributed by atoms with Crippen LogP contribution in [0.15, 0.2) is 0 Å². The van der Waals surface area contributed by atoms with Gasteiger partial charge < -0.3 is 9.84 Å². The third-order valence-corrected chi connectivity index (χ3v) is 4.40. The summed E-state index contributed by atoms with van der Waals surface area (Å²) in [5.74, 6) is 0. The number of aliphatic hydroxyl groups is 1. The van der Waals surface area contributed by atoms with Crippen molar-refractivity contribution in [3.8, 4) is 0 Å². The third-order valence-electron chi connectivity index (χ3n) is 4.40. The normalized spacial score (nSPS) is 24.2. The molecule has 0 aliphatic heterocycles. The summed E-state index contributed by atoms with van der Waals surface area (Å²) in [6.45, 7) is 4.34. The minimum atomic E-state index is -4.14. The van der Waals surface area contributed by atoms with Crippen LogP contribution in [-0.2, 0) is 4.74 Å². The molecule has 0 aromatic heterocycles. The molecule has 1 rings (SSSR count). The summed E-state index contributed by atoms with van der Waals surface area (Å²) in [6, 6.07) is 0. The van der Waals surface area contributed by atoms with Crippen LogP contribution in [0, 0.1) is 5.41 Å². The second kappa shape index (κ2) is 6.00. The van der Waals surface area contributed by atoms with E-state index < -0.39 is 24.3 Å². The van der Waals surface area contributed by atoms with Gasteiger partial charge in [-0.1, -0.05) is 13.8 Å². The molecule has 1 aliphatic carbocycles. The van der Waals surface area contributed by atoms with Gasteiger partial charge in [-0.3, -0.25) is 0 Å². The summed E-state index contributed by atoms with van der Waals surface area (Å²) in [7, 11) is 1.55. The SMILES string of the molecule is COC1(C(O)CCCC(F)(F)F)CCC(C)(C)CC1. The van der Waals surface area contributed by atoms with E-state index in [1.165, 1.54) is 0 Å². The van der Waals surface area contributed by atoms with Crippen LogP contribution in [-0.4, -0.2) is 30.1 Å². The zero-order valence-corrected chi connectivity index (χ0v) is 12.0. The fourth-order valence-corrected chi connectivity index (χ4v) is 2.78. The zero-order chi connectivity index (χ0) is 14.7. The van der Waals surface area contributed by atoms with Crippen LogP contribution in [0.3, 0.4) is 0 Å². The number of rotatable bonds is 5. The summed E-state index contributed by atoms with van der Waals surface area (Å²) in [5.41, 5.74) is -0.422. The van der Waals surface area contributed by atoms with E-state index in [1.807, 2.05) is 0 Å². The molecule has 0 spiro atoms. The topological polar surface area (TPSA) is 29.5 Å². The maximum Gasteiger partial charge on any atom is 0.389 e. The summed E-state index contributed by atoms with van der Waals surface area (Å²) >= 11 is 0. The average molecular weight is 282 g/mol. The van der Waals surface area contributed by atoms with Gasteiger partial charge in [-0.2, -0.15) is 13.2 Å². The lowest BCUT2D eigenvalue weighted by molar-refractivity contribution is -0.151. The van der Waals surface area contributed by atoms with Gasteiger partial charge in [0.15, 0.2) is 0 Å². The van der Waals surface area contributed by atoms with Gasteiger partial charge in [0, 0.05) is 13.5 Å². The first-order chi connectivity index (χ1) is 8.60. The molecule has 0 amide bonds. The Bertz CT molecular complexity index is 277. The zero-order valence-electron chi connectivity index (χ0n) is 12.0. The van der Waals surface area contributed by atoms with Crippen LogP contribution >= 0.6 is 0 Å². The molecule has 19 heavy (non-hydrogen) atoms. The monoisotopic (exact) mass is 282 g/mol. The van der Waals surface area contributed by atoms with Gasteiger partial charge in [-0.05, 0) is 43.9 Å². The van der Waals surface area contributed by atoms with Gasteiger partial charge in [0.1, 0.15) is 0 Å². The van der Waals surface area contributed by atoms with Crippen LogP contribution in [0.25, 0.3) is 0 Å². The second-order valence-corrected chi connectivity index (χ2v) is 6.46. The molecule has 0 radical (unpaired) electrons. The van der Waals surface area contributed by atoms with Crippen LogP contribution in [0.4, 0.5) is 13.2 Å². The van der Waals surface area contributed by atoms with E-state index in [2.05, 4.69) is 13.8 Å². The predicted octanol–water partition coefficient (Wildman–Crippen LogP) is 4.07. The molecular weight excluding hydrogens is 257 g/mol. The smallest absolute Gasteiger partial charge is 0.389 e. The van der Waals surface area contributed by atoms with Crippen molar-refractivity contribution in [3.63, 3.8) is 0 Å². The van der Waals surface area contributed by atoms with Gasteiger partial charge >= 0.3 is 6.18 Å². The fourth-order valence-electron chi connectivity index (χ4n) is 2.78. The number of aliphatic hydroxyl groups excluding tert-OH is 1. The van der Waals surface area contributed by atoms with Crippen molar-refractivity contribution in [3.05, 3.63) is 0 Å². The number of alkyl halides is 3. The molecule has 1 aliphatic rings. The van der Waals surface area contributed by atoms with Crippen molar-refractivity contribution in [1.82, 2.24) is 0 Å². The Hall–Kier alpha value is -0.290. The molecule has 1 fully saturated rings. The Kier molecular flexibility index (Phi) is 5.29. The number of methoxy groups -OCH3 is 1. The first-order valence-electron chi connectivity index (χ1n) is 6.90. The Morgan fingerprint density at radius 1 is 1.16 bits per heavy atom. The molecule has 1 saturated carbocycles. The van der Waals surface area contributed by atoms with Crippen molar-refractivity contribution >= 4 is 0 Å². The van der Waals surface area contributed by atoms with Gasteiger partial charge in [0.2, 0.25) is 0 Å². The molecule has 0 heterocycles. The molecule has 1 unspecified atom stereocenters. The standard InChI is InChI=1S/C14H25F3O2/c1-12(2)7-9-13(19-3,10-8-12)11(18)5-4-6-14(15,16)17/h11,18H,4-10H2,1-3H3. The van der Waals surface area contributed by atoms with Crippen LogP contribution < -0.4 is 0 Å². The lowest BCUT2D eigenvalue weighted by atomic mass is 9.68. The van der Waals surface area contributed by atoms with Crippen molar-refractivity contribution < 1.29 is 23.0 Å². The highest BCUT2D eigenvalue weighted by Crippen LogP contribution is 2.44. The van der Waals surface area contributed by atoms with E-state index in [0.29, 0.717) is 12.8 Å². The van der Waals surface area contributed by atoms with Crippen molar-refractivity contribution in [1.29, 1.82) is 0 Å². The molecule has 0 aromatic carbocycles. The van der Waals surface area contributed by atoms with E-state index in [1.54, 1.807) is 7.11 Å². The molecule has 0 saturated heterocycles. The lowest BCUT2D eigenvalue weighted by Gasteiger charge is -2.45. The molecule has 1 N–H and O–H groups in total. The van der Waals surface area contributed by atoms with Gasteiger partial charge in [0.05, 0.1) is 11.7 Å². The summed E-state index contributed by atoms with van der Waals surface area (Å²) in [5, 5.41) is 10.2. The van der Waals surface area contributed by atoms with Gasteiger partial charge in [-0.25, -0.2) is 0 Å². The molecule has 0 bridgehead atoms. The van der Waals surface area contributed by atoms with Crippen molar-refractivity contribution in [2.75, 3.05) is 7.11 Å². The molecule has 0 aromatic rings. The highest BCUT2D eigenvalue weighted by molar-refractivity contribution is 4.95. The van der Waals surface area contributed by atoms with Crippen LogP contribution in [0.1, 0.15) is 58.8 Å². The lowest BCUT2D eigenvalue weighted by Crippen LogP contribution is -2.48. The fraction of sp³-hybridized carbons (Fsp3) is 1.00. The minimum absolute atomic E-state index is 0.0425. The summed E-state index contributed by atoms with van der Waals surface area (Å²) in [6.07, 6.45) is -2.41. The molecule has 1 atom stereocenters. The number of hydrogen-bond donors (Lipinski definition) is 1. The van der Waals surface area contributed by atoms with Gasteiger partial charge in [0.25, 0.3) is 0 Å². The Morgan fingerprint density at radius 3 is 2.11 bits per heavy atom. The quantitative estimate of drug-likeness (QED) is 0.823. The Labute approximate surface area is 113 Å². The maximum absolute atomic E-state index is 12.1. The van der Waals surface area contributed by atoms with Crippen molar-refractivity contribution in [2.45, 2.75) is 76.7 Å². The highest BCUT2D eigenvalue weighted by atomic mass is 19.4.